The number of hydrogen-bond acceptors (Lipinski definition) is 4. The first-order valence-corrected chi connectivity index (χ1v) is 5.98. The van der Waals surface area contributed by atoms with Gasteiger partial charge in [0.2, 0.25) is 0 Å². The predicted octanol–water partition coefficient (Wildman–Crippen LogP) is 2.63. The Balaban J connectivity index is 2.37. The minimum atomic E-state index is -0.574. The predicted molar refractivity (Wildman–Crippen MR) is 71.2 cm³/mol. The van der Waals surface area contributed by atoms with Gasteiger partial charge < -0.3 is 9.47 Å². The van der Waals surface area contributed by atoms with Crippen molar-refractivity contribution in [1.29, 1.82) is 0 Å². The number of carbonyl (C=O) groups excluding carboxylic acids is 2. The fourth-order valence-corrected chi connectivity index (χ4v) is 1.25. The third-order valence-corrected chi connectivity index (χ3v) is 1.99. The first-order chi connectivity index (χ1) is 8.87. The van der Waals surface area contributed by atoms with E-state index < -0.39 is 17.5 Å². The van der Waals surface area contributed by atoms with Crippen molar-refractivity contribution < 1.29 is 19.1 Å². The molecule has 0 aliphatic heterocycles. The van der Waals surface area contributed by atoms with Gasteiger partial charge >= 0.3 is 11.9 Å². The van der Waals surface area contributed by atoms with Crippen LogP contribution in [0.4, 0.5) is 0 Å². The van der Waals surface area contributed by atoms with E-state index in [0.29, 0.717) is 0 Å². The zero-order valence-corrected chi connectivity index (χ0v) is 11.4. The number of benzene rings is 1. The summed E-state index contributed by atoms with van der Waals surface area (Å²) in [6, 6.07) is 9.31. The monoisotopic (exact) mass is 262 g/mol. The van der Waals surface area contributed by atoms with Crippen LogP contribution in [0, 0.1) is 0 Å². The maximum absolute atomic E-state index is 11.4. The molecule has 1 aromatic rings. The van der Waals surface area contributed by atoms with Gasteiger partial charge in [-0.2, -0.15) is 0 Å². The van der Waals surface area contributed by atoms with Crippen molar-refractivity contribution in [3.8, 4) is 0 Å². The summed E-state index contributed by atoms with van der Waals surface area (Å²) >= 11 is 0. The van der Waals surface area contributed by atoms with Crippen molar-refractivity contribution in [2.45, 2.75) is 33.0 Å². The zero-order valence-electron chi connectivity index (χ0n) is 11.4. The molecule has 102 valence electrons. The third-order valence-electron chi connectivity index (χ3n) is 1.99. The van der Waals surface area contributed by atoms with Gasteiger partial charge in [0, 0.05) is 12.2 Å². The van der Waals surface area contributed by atoms with E-state index in [1.54, 1.807) is 20.8 Å². The van der Waals surface area contributed by atoms with Crippen molar-refractivity contribution in [2.24, 2.45) is 0 Å². The molecule has 0 fully saturated rings. The van der Waals surface area contributed by atoms with Crippen molar-refractivity contribution >= 4 is 11.9 Å². The molecule has 4 nitrogen and oxygen atoms in total. The molecule has 0 aromatic heterocycles. The van der Waals surface area contributed by atoms with Crippen LogP contribution >= 0.6 is 0 Å². The SMILES string of the molecule is CC(C)(C)OC(=O)/C=C/C(=O)OCc1ccccc1. The molecule has 0 saturated carbocycles. The van der Waals surface area contributed by atoms with Crippen LogP contribution in [0.3, 0.4) is 0 Å². The number of rotatable bonds is 4. The van der Waals surface area contributed by atoms with Gasteiger partial charge in [-0.25, -0.2) is 9.59 Å². The van der Waals surface area contributed by atoms with Gasteiger partial charge in [0.25, 0.3) is 0 Å². The summed E-state index contributed by atoms with van der Waals surface area (Å²) in [6.07, 6.45) is 2.13. The molecule has 19 heavy (non-hydrogen) atoms. The van der Waals surface area contributed by atoms with E-state index >= 15 is 0 Å². The molecular weight excluding hydrogens is 244 g/mol. The third kappa shape index (κ3) is 7.03. The van der Waals surface area contributed by atoms with Crippen LogP contribution in [0.15, 0.2) is 42.5 Å². The van der Waals surface area contributed by atoms with Crippen molar-refractivity contribution in [1.82, 2.24) is 0 Å². The van der Waals surface area contributed by atoms with Crippen LogP contribution in [-0.4, -0.2) is 17.5 Å². The van der Waals surface area contributed by atoms with Crippen LogP contribution in [0.1, 0.15) is 26.3 Å². The molecule has 0 N–H and O–H groups in total. The van der Waals surface area contributed by atoms with Crippen molar-refractivity contribution in [2.75, 3.05) is 0 Å². The summed E-state index contributed by atoms with van der Waals surface area (Å²) in [5.74, 6) is -1.14. The highest BCUT2D eigenvalue weighted by atomic mass is 16.6. The fourth-order valence-electron chi connectivity index (χ4n) is 1.25. The Kier molecular flexibility index (Phi) is 5.30. The highest BCUT2D eigenvalue weighted by molar-refractivity contribution is 5.91. The molecule has 0 bridgehead atoms. The lowest BCUT2D eigenvalue weighted by atomic mass is 10.2. The average Bonchev–Trinajstić information content (AvgIpc) is 2.33. The molecule has 0 atom stereocenters. The lowest BCUT2D eigenvalue weighted by Crippen LogP contribution is -2.22. The van der Waals surface area contributed by atoms with Crippen molar-refractivity contribution in [3.63, 3.8) is 0 Å². The molecule has 0 amide bonds. The molecule has 0 aliphatic carbocycles. The van der Waals surface area contributed by atoms with Gasteiger partial charge in [-0.15, -0.1) is 0 Å². The summed E-state index contributed by atoms with van der Waals surface area (Å²) < 4.78 is 9.99. The van der Waals surface area contributed by atoms with Crippen LogP contribution in [0.5, 0.6) is 0 Å². The second kappa shape index (κ2) is 6.73. The normalized spacial score (nSPS) is 11.3. The minimum Gasteiger partial charge on any atom is -0.458 e. The summed E-state index contributed by atoms with van der Waals surface area (Å²) in [5.41, 5.74) is 0.316. The standard InChI is InChI=1S/C15H18O4/c1-15(2,3)19-14(17)10-9-13(16)18-11-12-7-5-4-6-8-12/h4-10H,11H2,1-3H3/b10-9+. The Morgan fingerprint density at radius 1 is 1.05 bits per heavy atom. The van der Waals surface area contributed by atoms with E-state index in [1.165, 1.54) is 0 Å². The zero-order chi connectivity index (χ0) is 14.3. The number of ether oxygens (including phenoxy) is 2. The summed E-state index contributed by atoms with van der Waals surface area (Å²) in [7, 11) is 0. The molecule has 0 unspecified atom stereocenters. The number of esters is 2. The van der Waals surface area contributed by atoms with Crippen LogP contribution in [0.25, 0.3) is 0 Å². The molecule has 0 saturated heterocycles. The first kappa shape index (κ1) is 15.0. The Hall–Kier alpha value is -2.10. The van der Waals surface area contributed by atoms with Gasteiger partial charge in [-0.1, -0.05) is 30.3 Å². The fraction of sp³-hybridized carbons (Fsp3) is 0.333. The van der Waals surface area contributed by atoms with Crippen molar-refractivity contribution in [3.05, 3.63) is 48.0 Å². The summed E-state index contributed by atoms with van der Waals surface area (Å²) in [6.45, 7) is 5.45. The Morgan fingerprint density at radius 3 is 2.21 bits per heavy atom. The molecule has 1 rings (SSSR count). The molecule has 1 aromatic carbocycles. The Morgan fingerprint density at radius 2 is 1.63 bits per heavy atom. The van der Waals surface area contributed by atoms with E-state index in [4.69, 9.17) is 9.47 Å². The average molecular weight is 262 g/mol. The topological polar surface area (TPSA) is 52.6 Å². The highest BCUT2D eigenvalue weighted by Gasteiger charge is 2.14. The van der Waals surface area contributed by atoms with E-state index in [-0.39, 0.29) is 6.61 Å². The summed E-state index contributed by atoms with van der Waals surface area (Å²) in [5, 5.41) is 0. The lowest BCUT2D eigenvalue weighted by Gasteiger charge is -2.17. The maximum atomic E-state index is 11.4. The van der Waals surface area contributed by atoms with Crippen LogP contribution in [0.2, 0.25) is 0 Å². The van der Waals surface area contributed by atoms with E-state index in [1.807, 2.05) is 30.3 Å². The Labute approximate surface area is 113 Å². The van der Waals surface area contributed by atoms with Gasteiger partial charge in [0.1, 0.15) is 12.2 Å². The van der Waals surface area contributed by atoms with Gasteiger partial charge in [-0.05, 0) is 26.3 Å². The molecule has 0 spiro atoms. The van der Waals surface area contributed by atoms with Gasteiger partial charge in [0.05, 0.1) is 0 Å². The lowest BCUT2D eigenvalue weighted by molar-refractivity contribution is -0.149. The van der Waals surface area contributed by atoms with E-state index in [2.05, 4.69) is 0 Å². The van der Waals surface area contributed by atoms with Gasteiger partial charge in [-0.3, -0.25) is 0 Å². The largest absolute Gasteiger partial charge is 0.458 e. The highest BCUT2D eigenvalue weighted by Crippen LogP contribution is 2.07. The van der Waals surface area contributed by atoms with Gasteiger partial charge in [0.15, 0.2) is 0 Å². The van der Waals surface area contributed by atoms with E-state index in [9.17, 15) is 9.59 Å². The smallest absolute Gasteiger partial charge is 0.331 e. The second-order valence-electron chi connectivity index (χ2n) is 4.96. The second-order valence-corrected chi connectivity index (χ2v) is 4.96. The van der Waals surface area contributed by atoms with E-state index in [0.717, 1.165) is 17.7 Å². The first-order valence-electron chi connectivity index (χ1n) is 5.98. The molecular formula is C15H18O4. The van der Waals surface area contributed by atoms with Crippen LogP contribution in [-0.2, 0) is 25.7 Å². The maximum Gasteiger partial charge on any atom is 0.331 e. The summed E-state index contributed by atoms with van der Waals surface area (Å²) in [4.78, 5) is 22.7. The quantitative estimate of drug-likeness (QED) is 0.618. The molecule has 0 heterocycles. The molecule has 0 radical (unpaired) electrons. The van der Waals surface area contributed by atoms with Crippen LogP contribution < -0.4 is 0 Å². The molecule has 0 aliphatic rings. The number of carbonyl (C=O) groups is 2. The minimum absolute atomic E-state index is 0.179. The number of hydrogen-bond donors (Lipinski definition) is 0. The molecule has 4 heteroatoms. The Bertz CT molecular complexity index is 455.